The molecule has 0 heterocycles. The molecule has 0 radical (unpaired) electrons. The Morgan fingerprint density at radius 3 is 2.61 bits per heavy atom. The number of non-ortho nitro benzene ring substituents is 1. The van der Waals surface area contributed by atoms with Gasteiger partial charge in [-0.1, -0.05) is 42.5 Å². The Kier molecular flexibility index (Phi) is 6.71. The molecule has 0 aliphatic heterocycles. The maximum absolute atomic E-state index is 13.9. The molecule has 8 heteroatoms. The van der Waals surface area contributed by atoms with Gasteiger partial charge in [-0.25, -0.2) is 4.39 Å². The first-order chi connectivity index (χ1) is 15.0. The van der Waals surface area contributed by atoms with Crippen LogP contribution in [0.2, 0.25) is 0 Å². The fourth-order valence-corrected chi connectivity index (χ4v) is 2.66. The predicted octanol–water partition coefficient (Wildman–Crippen LogP) is 4.86. The number of carbonyl (C=O) groups is 1. The zero-order valence-electron chi connectivity index (χ0n) is 16.1. The molecular formula is C23H16FN3O4. The maximum Gasteiger partial charge on any atom is 0.271 e. The Balaban J connectivity index is 1.75. The topological polar surface area (TPSA) is 105 Å². The molecule has 0 spiro atoms. The van der Waals surface area contributed by atoms with Gasteiger partial charge < -0.3 is 10.1 Å². The van der Waals surface area contributed by atoms with Crippen LogP contribution in [0.5, 0.6) is 5.75 Å². The summed E-state index contributed by atoms with van der Waals surface area (Å²) in [5.41, 5.74) is 0.435. The molecule has 0 saturated heterocycles. The van der Waals surface area contributed by atoms with Crippen LogP contribution in [0.3, 0.4) is 0 Å². The van der Waals surface area contributed by atoms with E-state index in [-0.39, 0.29) is 16.9 Å². The van der Waals surface area contributed by atoms with E-state index in [1.807, 2.05) is 30.3 Å². The Hall–Kier alpha value is -4.51. The monoisotopic (exact) mass is 417 g/mol. The summed E-state index contributed by atoms with van der Waals surface area (Å²) in [6.45, 7) is 0.353. The van der Waals surface area contributed by atoms with Gasteiger partial charge in [0.2, 0.25) is 0 Å². The molecule has 31 heavy (non-hydrogen) atoms. The van der Waals surface area contributed by atoms with Crippen molar-refractivity contribution in [1.29, 1.82) is 5.26 Å². The summed E-state index contributed by atoms with van der Waals surface area (Å²) in [5.74, 6) is -1.20. The van der Waals surface area contributed by atoms with E-state index in [2.05, 4.69) is 5.32 Å². The molecule has 154 valence electrons. The number of carbonyl (C=O) groups excluding carboxylic acids is 1. The largest absolute Gasteiger partial charge is 0.489 e. The summed E-state index contributed by atoms with van der Waals surface area (Å²) < 4.78 is 19.6. The molecule has 0 bridgehead atoms. The molecule has 3 rings (SSSR count). The van der Waals surface area contributed by atoms with Crippen molar-refractivity contribution in [2.45, 2.75) is 6.61 Å². The number of anilines is 1. The number of nitro benzene ring substituents is 1. The van der Waals surface area contributed by atoms with Gasteiger partial charge in [-0.3, -0.25) is 14.9 Å². The van der Waals surface area contributed by atoms with Crippen molar-refractivity contribution in [2.75, 3.05) is 5.32 Å². The number of hydrogen-bond donors (Lipinski definition) is 1. The third-order valence-electron chi connectivity index (χ3n) is 4.19. The summed E-state index contributed by atoms with van der Waals surface area (Å²) in [7, 11) is 0. The van der Waals surface area contributed by atoms with Crippen LogP contribution in [0.25, 0.3) is 6.08 Å². The van der Waals surface area contributed by atoms with Crippen molar-refractivity contribution in [1.82, 2.24) is 0 Å². The van der Waals surface area contributed by atoms with E-state index in [0.717, 1.165) is 23.8 Å². The van der Waals surface area contributed by atoms with E-state index in [1.165, 1.54) is 6.08 Å². The van der Waals surface area contributed by atoms with Crippen LogP contribution >= 0.6 is 0 Å². The number of ether oxygens (including phenoxy) is 1. The second-order valence-corrected chi connectivity index (χ2v) is 6.39. The summed E-state index contributed by atoms with van der Waals surface area (Å²) in [5, 5.41) is 22.4. The lowest BCUT2D eigenvalue weighted by Gasteiger charge is -2.08. The Morgan fingerprint density at radius 1 is 1.13 bits per heavy atom. The molecule has 1 N–H and O–H groups in total. The smallest absolute Gasteiger partial charge is 0.271 e. The average molecular weight is 417 g/mol. The van der Waals surface area contributed by atoms with Crippen molar-refractivity contribution >= 4 is 23.4 Å². The van der Waals surface area contributed by atoms with Gasteiger partial charge >= 0.3 is 0 Å². The first-order valence-corrected chi connectivity index (χ1v) is 9.10. The zero-order chi connectivity index (χ0) is 22.2. The Labute approximate surface area is 177 Å². The lowest BCUT2D eigenvalue weighted by Crippen LogP contribution is -2.14. The van der Waals surface area contributed by atoms with Gasteiger partial charge in [0.25, 0.3) is 11.6 Å². The number of hydrogen-bond acceptors (Lipinski definition) is 5. The molecule has 0 atom stereocenters. The lowest BCUT2D eigenvalue weighted by atomic mass is 10.1. The highest BCUT2D eigenvalue weighted by Gasteiger charge is 2.16. The highest BCUT2D eigenvalue weighted by molar-refractivity contribution is 6.09. The van der Waals surface area contributed by atoms with Crippen molar-refractivity contribution < 1.29 is 18.8 Å². The van der Waals surface area contributed by atoms with Gasteiger partial charge in [-0.15, -0.1) is 0 Å². The van der Waals surface area contributed by atoms with E-state index in [1.54, 1.807) is 30.3 Å². The zero-order valence-corrected chi connectivity index (χ0v) is 16.1. The van der Waals surface area contributed by atoms with Crippen LogP contribution in [0.4, 0.5) is 15.8 Å². The third-order valence-corrected chi connectivity index (χ3v) is 4.19. The number of nitrogens with one attached hydrogen (secondary N) is 1. The maximum atomic E-state index is 13.9. The quantitative estimate of drug-likeness (QED) is 0.256. The molecule has 0 fully saturated rings. The van der Waals surface area contributed by atoms with Gasteiger partial charge in [0.15, 0.2) is 0 Å². The van der Waals surface area contributed by atoms with E-state index >= 15 is 0 Å². The number of benzene rings is 3. The molecule has 0 aromatic heterocycles. The van der Waals surface area contributed by atoms with E-state index in [4.69, 9.17) is 4.74 Å². The number of nitriles is 1. The number of halogens is 1. The molecular weight excluding hydrogens is 401 g/mol. The Bertz CT molecular complexity index is 1190. The minimum absolute atomic E-state index is 0.300. The second-order valence-electron chi connectivity index (χ2n) is 6.39. The van der Waals surface area contributed by atoms with Crippen LogP contribution in [0, 0.1) is 27.3 Å². The number of nitro groups is 1. The fourth-order valence-electron chi connectivity index (χ4n) is 2.66. The molecule has 3 aromatic rings. The van der Waals surface area contributed by atoms with Crippen LogP contribution < -0.4 is 10.1 Å². The summed E-state index contributed by atoms with van der Waals surface area (Å²) >= 11 is 0. The van der Waals surface area contributed by atoms with Crippen LogP contribution in [0.15, 0.2) is 78.4 Å². The van der Waals surface area contributed by atoms with Crippen molar-refractivity contribution in [2.24, 2.45) is 0 Å². The SMILES string of the molecule is N#CC(=Cc1cccc(OCc2ccccc2)c1)C(=O)Nc1cc([N+](=O)[O-])ccc1F. The van der Waals surface area contributed by atoms with E-state index < -0.39 is 16.6 Å². The molecule has 3 aromatic carbocycles. The van der Waals surface area contributed by atoms with Gasteiger partial charge in [0.1, 0.15) is 29.8 Å². The minimum Gasteiger partial charge on any atom is -0.489 e. The highest BCUT2D eigenvalue weighted by atomic mass is 19.1. The van der Waals surface area contributed by atoms with Gasteiger partial charge in [0.05, 0.1) is 10.6 Å². The molecule has 0 aliphatic rings. The number of rotatable bonds is 7. The molecule has 0 unspecified atom stereocenters. The molecule has 0 aliphatic carbocycles. The van der Waals surface area contributed by atoms with Gasteiger partial charge in [-0.05, 0) is 35.4 Å². The molecule has 7 nitrogen and oxygen atoms in total. The minimum atomic E-state index is -0.891. The van der Waals surface area contributed by atoms with E-state index in [0.29, 0.717) is 17.9 Å². The normalized spacial score (nSPS) is 10.8. The van der Waals surface area contributed by atoms with Gasteiger partial charge in [-0.2, -0.15) is 5.26 Å². The van der Waals surface area contributed by atoms with Gasteiger partial charge in [0, 0.05) is 12.1 Å². The number of nitrogens with zero attached hydrogens (tertiary/aromatic N) is 2. The van der Waals surface area contributed by atoms with Crippen molar-refractivity contribution in [3.8, 4) is 11.8 Å². The summed E-state index contributed by atoms with van der Waals surface area (Å²) in [6, 6.07) is 20.8. The second kappa shape index (κ2) is 9.80. The fraction of sp³-hybridized carbons (Fsp3) is 0.0435. The molecule has 0 saturated carbocycles. The average Bonchev–Trinajstić information content (AvgIpc) is 2.78. The van der Waals surface area contributed by atoms with Crippen LogP contribution in [-0.4, -0.2) is 10.8 Å². The highest BCUT2D eigenvalue weighted by Crippen LogP contribution is 2.22. The van der Waals surface area contributed by atoms with Crippen LogP contribution in [-0.2, 0) is 11.4 Å². The van der Waals surface area contributed by atoms with Crippen molar-refractivity contribution in [3.05, 3.63) is 105 Å². The summed E-state index contributed by atoms with van der Waals surface area (Å²) in [6.07, 6.45) is 1.32. The van der Waals surface area contributed by atoms with Crippen molar-refractivity contribution in [3.63, 3.8) is 0 Å². The van der Waals surface area contributed by atoms with Crippen LogP contribution in [0.1, 0.15) is 11.1 Å². The third kappa shape index (κ3) is 5.74. The summed E-state index contributed by atoms with van der Waals surface area (Å²) in [4.78, 5) is 22.5. The lowest BCUT2D eigenvalue weighted by molar-refractivity contribution is -0.384. The first kappa shape index (κ1) is 21.2. The molecule has 1 amide bonds. The standard InChI is InChI=1S/C23H16FN3O4/c24-21-10-9-19(27(29)30)13-22(21)26-23(28)18(14-25)11-17-7-4-8-20(12-17)31-15-16-5-2-1-3-6-16/h1-13H,15H2,(H,26,28). The Morgan fingerprint density at radius 2 is 1.90 bits per heavy atom. The predicted molar refractivity (Wildman–Crippen MR) is 112 cm³/mol. The number of amides is 1. The first-order valence-electron chi connectivity index (χ1n) is 9.10. The van der Waals surface area contributed by atoms with E-state index in [9.17, 15) is 24.6 Å².